The topological polar surface area (TPSA) is 98.6 Å². The smallest absolute Gasteiger partial charge is 0.407 e. The first-order chi connectivity index (χ1) is 16.8. The number of pyridine rings is 1. The van der Waals surface area contributed by atoms with Crippen LogP contribution >= 0.6 is 0 Å². The zero-order chi connectivity index (χ0) is 25.2. The number of piperidine rings is 1. The molecule has 1 unspecified atom stereocenters. The van der Waals surface area contributed by atoms with E-state index in [0.29, 0.717) is 37.2 Å². The van der Waals surface area contributed by atoms with Crippen LogP contribution in [0.5, 0.6) is 0 Å². The lowest BCUT2D eigenvalue weighted by atomic mass is 9.83. The molecule has 0 bridgehead atoms. The fourth-order valence-electron chi connectivity index (χ4n) is 4.37. The number of ether oxygens (including phenoxy) is 2. The molecule has 2 aromatic heterocycles. The van der Waals surface area contributed by atoms with E-state index in [-0.39, 0.29) is 11.3 Å². The summed E-state index contributed by atoms with van der Waals surface area (Å²) in [7, 11) is 4.34. The first-order valence-corrected chi connectivity index (χ1v) is 10.9. The largest absolute Gasteiger partial charge is 0.465 e. The quantitative estimate of drug-likeness (QED) is 0.553. The molecule has 1 aliphatic rings. The van der Waals surface area contributed by atoms with E-state index in [1.54, 1.807) is 17.9 Å². The zero-order valence-electron chi connectivity index (χ0n) is 19.5. The second kappa shape index (κ2) is 9.69. The van der Waals surface area contributed by atoms with Crippen LogP contribution in [0.25, 0.3) is 11.3 Å². The first kappa shape index (κ1) is 24.1. The summed E-state index contributed by atoms with van der Waals surface area (Å²) >= 11 is 0. The molecule has 1 aliphatic heterocycles. The minimum absolute atomic E-state index is 0.210. The van der Waals surface area contributed by atoms with Gasteiger partial charge in [0.1, 0.15) is 0 Å². The Morgan fingerprint density at radius 1 is 1.11 bits per heavy atom. The Labute approximate surface area is 200 Å². The fourth-order valence-corrected chi connectivity index (χ4v) is 4.37. The van der Waals surface area contributed by atoms with Crippen molar-refractivity contribution in [3.63, 3.8) is 0 Å². The normalized spacial score (nSPS) is 17.7. The molecular weight excluding hydrogens is 460 g/mol. The molecule has 35 heavy (non-hydrogen) atoms. The summed E-state index contributed by atoms with van der Waals surface area (Å²) in [5, 5.41) is 7.20. The standard InChI is InChI=1S/C24H25F2N5O4/c1-30-13-16(11-28-30)24(29-23(33)35-3)7-4-8-31(14-24)21-12-27-20(10-17(21)22(32)34-2)15-5-6-18(25)19(26)9-15/h5-6,9-13H,4,7-8,14H2,1-3H3,(H,29,33). The predicted octanol–water partition coefficient (Wildman–Crippen LogP) is 3.40. The lowest BCUT2D eigenvalue weighted by molar-refractivity contribution is 0.0601. The number of methoxy groups -OCH3 is 2. The van der Waals surface area contributed by atoms with Crippen LogP contribution < -0.4 is 10.2 Å². The number of rotatable bonds is 5. The number of esters is 1. The highest BCUT2D eigenvalue weighted by atomic mass is 19.2. The van der Waals surface area contributed by atoms with Crippen molar-refractivity contribution in [3.8, 4) is 11.3 Å². The number of nitrogens with zero attached hydrogens (tertiary/aromatic N) is 4. The highest BCUT2D eigenvalue weighted by Gasteiger charge is 2.41. The third-order valence-corrected chi connectivity index (χ3v) is 6.12. The molecule has 0 saturated carbocycles. The van der Waals surface area contributed by atoms with E-state index >= 15 is 0 Å². The number of nitrogens with one attached hydrogen (secondary N) is 1. The van der Waals surface area contributed by atoms with Gasteiger partial charge >= 0.3 is 12.1 Å². The number of amides is 1. The van der Waals surface area contributed by atoms with Gasteiger partial charge in [-0.3, -0.25) is 9.67 Å². The number of anilines is 1. The van der Waals surface area contributed by atoms with Gasteiger partial charge in [-0.2, -0.15) is 5.10 Å². The van der Waals surface area contributed by atoms with Gasteiger partial charge in [0.05, 0.1) is 49.1 Å². The summed E-state index contributed by atoms with van der Waals surface area (Å²) in [6, 6.07) is 4.90. The Hall–Kier alpha value is -4.02. The van der Waals surface area contributed by atoms with Crippen LogP contribution in [0, 0.1) is 11.6 Å². The maximum atomic E-state index is 13.8. The number of hydrogen-bond acceptors (Lipinski definition) is 7. The molecule has 1 atom stereocenters. The third-order valence-electron chi connectivity index (χ3n) is 6.12. The van der Waals surface area contributed by atoms with Crippen LogP contribution in [0.3, 0.4) is 0 Å². The molecule has 1 fully saturated rings. The molecule has 1 amide bonds. The first-order valence-electron chi connectivity index (χ1n) is 10.9. The highest BCUT2D eigenvalue weighted by molar-refractivity contribution is 5.97. The molecule has 0 aliphatic carbocycles. The molecule has 184 valence electrons. The fraction of sp³-hybridized carbons (Fsp3) is 0.333. The SMILES string of the molecule is COC(=O)NC1(c2cnn(C)c2)CCCN(c2cnc(-c3ccc(F)c(F)c3)cc2C(=O)OC)C1. The number of alkyl carbamates (subject to hydrolysis) is 1. The van der Waals surface area contributed by atoms with Crippen molar-refractivity contribution in [2.24, 2.45) is 7.05 Å². The van der Waals surface area contributed by atoms with Gasteiger partial charge in [0.2, 0.25) is 0 Å². The number of carbonyl (C=O) groups is 2. The van der Waals surface area contributed by atoms with Gasteiger partial charge in [-0.25, -0.2) is 18.4 Å². The third kappa shape index (κ3) is 4.79. The van der Waals surface area contributed by atoms with Crippen molar-refractivity contribution in [2.45, 2.75) is 18.4 Å². The number of carbonyl (C=O) groups excluding carboxylic acids is 2. The van der Waals surface area contributed by atoms with Crippen molar-refractivity contribution in [3.05, 3.63) is 65.6 Å². The lowest BCUT2D eigenvalue weighted by Crippen LogP contribution is -2.56. The van der Waals surface area contributed by atoms with Crippen LogP contribution in [0.15, 0.2) is 42.9 Å². The van der Waals surface area contributed by atoms with Gasteiger partial charge in [-0.15, -0.1) is 0 Å². The van der Waals surface area contributed by atoms with Gasteiger partial charge < -0.3 is 19.7 Å². The Morgan fingerprint density at radius 2 is 1.91 bits per heavy atom. The Morgan fingerprint density at radius 3 is 2.57 bits per heavy atom. The van der Waals surface area contributed by atoms with Crippen molar-refractivity contribution in [1.82, 2.24) is 20.1 Å². The van der Waals surface area contributed by atoms with Gasteiger partial charge in [0.15, 0.2) is 11.6 Å². The summed E-state index contributed by atoms with van der Waals surface area (Å²) in [5.74, 6) is -2.60. The molecule has 3 heterocycles. The Bertz CT molecular complexity index is 1260. The van der Waals surface area contributed by atoms with Gasteiger partial charge in [0, 0.05) is 37.5 Å². The van der Waals surface area contributed by atoms with Crippen LogP contribution in [0.2, 0.25) is 0 Å². The number of hydrogen-bond donors (Lipinski definition) is 1. The second-order valence-electron chi connectivity index (χ2n) is 8.33. The van der Waals surface area contributed by atoms with Crippen molar-refractivity contribution in [2.75, 3.05) is 32.2 Å². The summed E-state index contributed by atoms with van der Waals surface area (Å²) in [5.41, 5.74) is 1.27. The minimum atomic E-state index is -1.01. The Balaban J connectivity index is 1.75. The molecule has 11 heteroatoms. The number of benzene rings is 1. The second-order valence-corrected chi connectivity index (χ2v) is 8.33. The molecule has 9 nitrogen and oxygen atoms in total. The number of aromatic nitrogens is 3. The average Bonchev–Trinajstić information content (AvgIpc) is 3.32. The van der Waals surface area contributed by atoms with Crippen LogP contribution in [-0.4, -0.2) is 54.1 Å². The lowest BCUT2D eigenvalue weighted by Gasteiger charge is -2.43. The summed E-state index contributed by atoms with van der Waals surface area (Å²) in [6.07, 6.45) is 5.73. The highest BCUT2D eigenvalue weighted by Crippen LogP contribution is 2.36. The molecule has 4 rings (SSSR count). The van der Waals surface area contributed by atoms with E-state index in [1.807, 2.05) is 11.1 Å². The van der Waals surface area contributed by atoms with Crippen LogP contribution in [0.1, 0.15) is 28.8 Å². The molecule has 1 saturated heterocycles. The minimum Gasteiger partial charge on any atom is -0.465 e. The van der Waals surface area contributed by atoms with Crippen molar-refractivity contribution in [1.29, 1.82) is 0 Å². The number of aryl methyl sites for hydroxylation is 1. The van der Waals surface area contributed by atoms with Crippen LogP contribution in [-0.2, 0) is 22.1 Å². The molecule has 0 spiro atoms. The van der Waals surface area contributed by atoms with E-state index in [0.717, 1.165) is 17.7 Å². The zero-order valence-corrected chi connectivity index (χ0v) is 19.5. The Kier molecular flexibility index (Phi) is 6.68. The van der Waals surface area contributed by atoms with Gasteiger partial charge in [-0.1, -0.05) is 0 Å². The summed E-state index contributed by atoms with van der Waals surface area (Å²) in [6.45, 7) is 0.894. The van der Waals surface area contributed by atoms with E-state index in [4.69, 9.17) is 9.47 Å². The summed E-state index contributed by atoms with van der Waals surface area (Å²) in [4.78, 5) is 31.3. The van der Waals surface area contributed by atoms with Gasteiger partial charge in [-0.05, 0) is 37.1 Å². The number of halogens is 2. The maximum absolute atomic E-state index is 13.8. The summed E-state index contributed by atoms with van der Waals surface area (Å²) < 4.78 is 38.7. The van der Waals surface area contributed by atoms with Crippen LogP contribution in [0.4, 0.5) is 19.3 Å². The van der Waals surface area contributed by atoms with E-state index in [2.05, 4.69) is 15.4 Å². The van der Waals surface area contributed by atoms with E-state index in [9.17, 15) is 18.4 Å². The average molecular weight is 485 g/mol. The molecule has 3 aromatic rings. The molecule has 1 N–H and O–H groups in total. The maximum Gasteiger partial charge on any atom is 0.407 e. The van der Waals surface area contributed by atoms with Gasteiger partial charge in [0.25, 0.3) is 0 Å². The van der Waals surface area contributed by atoms with Crippen molar-refractivity contribution >= 4 is 17.7 Å². The van der Waals surface area contributed by atoms with E-state index in [1.165, 1.54) is 32.5 Å². The predicted molar refractivity (Wildman–Crippen MR) is 123 cm³/mol. The van der Waals surface area contributed by atoms with E-state index < -0.39 is 29.2 Å². The molecule has 0 radical (unpaired) electrons. The van der Waals surface area contributed by atoms with Crippen molar-refractivity contribution < 1.29 is 27.8 Å². The monoisotopic (exact) mass is 485 g/mol. The molecular formula is C24H25F2N5O4. The molecule has 1 aromatic carbocycles.